The van der Waals surface area contributed by atoms with Gasteiger partial charge in [0, 0.05) is 12.5 Å². The van der Waals surface area contributed by atoms with Crippen molar-refractivity contribution in [2.45, 2.75) is 19.4 Å². The number of rotatable bonds is 2. The van der Waals surface area contributed by atoms with Crippen LogP contribution >= 0.6 is 0 Å². The summed E-state index contributed by atoms with van der Waals surface area (Å²) in [5, 5.41) is 8.61. The van der Waals surface area contributed by atoms with Crippen LogP contribution in [0.3, 0.4) is 0 Å². The molecule has 1 amide bonds. The molecule has 0 radical (unpaired) electrons. The third-order valence-corrected chi connectivity index (χ3v) is 2.20. The molecule has 1 fully saturated rings. The maximum atomic E-state index is 10.9. The fourth-order valence-electron chi connectivity index (χ4n) is 1.40. The first-order chi connectivity index (χ1) is 5.69. The molecule has 0 bridgehead atoms. The summed E-state index contributed by atoms with van der Waals surface area (Å²) in [6.45, 7) is 1.89. The van der Waals surface area contributed by atoms with Crippen molar-refractivity contribution in [2.24, 2.45) is 5.92 Å². The van der Waals surface area contributed by atoms with Crippen LogP contribution in [0.4, 0.5) is 0 Å². The molecule has 1 aliphatic rings. The van der Waals surface area contributed by atoms with Crippen molar-refractivity contribution in [3.05, 3.63) is 0 Å². The summed E-state index contributed by atoms with van der Waals surface area (Å²) in [5.74, 6) is -0.0838. The van der Waals surface area contributed by atoms with E-state index in [-0.39, 0.29) is 11.7 Å². The lowest BCUT2D eigenvalue weighted by Gasteiger charge is -2.10. The number of carbonyl (C=O) groups is 2. The van der Waals surface area contributed by atoms with Crippen LogP contribution < -0.4 is 0 Å². The number of hydrogen-bond donors (Lipinski definition) is 0. The van der Waals surface area contributed by atoms with Crippen molar-refractivity contribution < 1.29 is 9.59 Å². The quantitative estimate of drug-likeness (QED) is 0.540. The van der Waals surface area contributed by atoms with Gasteiger partial charge < -0.3 is 4.90 Å². The van der Waals surface area contributed by atoms with Crippen molar-refractivity contribution >= 4 is 12.2 Å². The summed E-state index contributed by atoms with van der Waals surface area (Å²) in [6, 6.07) is 1.59. The van der Waals surface area contributed by atoms with E-state index in [1.165, 1.54) is 11.8 Å². The molecule has 0 N–H and O–H groups in total. The SMILES string of the molecule is CC(=O)C1C[C@@H](C#N)N(C=O)C1. The monoisotopic (exact) mass is 166 g/mol. The number of nitrogens with zero attached hydrogens (tertiary/aromatic N) is 2. The van der Waals surface area contributed by atoms with Crippen molar-refractivity contribution in [3.8, 4) is 6.07 Å². The molecule has 64 valence electrons. The van der Waals surface area contributed by atoms with Gasteiger partial charge in [-0.3, -0.25) is 9.59 Å². The lowest BCUT2D eigenvalue weighted by molar-refractivity contribution is -0.121. The number of nitriles is 1. The molecule has 0 aliphatic carbocycles. The number of likely N-dealkylation sites (tertiary alicyclic amines) is 1. The molecule has 0 aromatic carbocycles. The van der Waals surface area contributed by atoms with Gasteiger partial charge in [-0.1, -0.05) is 0 Å². The van der Waals surface area contributed by atoms with Crippen molar-refractivity contribution in [3.63, 3.8) is 0 Å². The number of ketones is 1. The number of carbonyl (C=O) groups excluding carboxylic acids is 2. The molecule has 0 aromatic heterocycles. The lowest BCUT2D eigenvalue weighted by atomic mass is 10.0. The molecule has 0 spiro atoms. The smallest absolute Gasteiger partial charge is 0.210 e. The zero-order valence-electron chi connectivity index (χ0n) is 6.86. The van der Waals surface area contributed by atoms with Gasteiger partial charge in [0.15, 0.2) is 0 Å². The average Bonchev–Trinajstić information content (AvgIpc) is 2.46. The van der Waals surface area contributed by atoms with E-state index in [9.17, 15) is 9.59 Å². The second-order valence-electron chi connectivity index (χ2n) is 2.99. The predicted octanol–water partition coefficient (Wildman–Crippen LogP) is -0.0541. The first-order valence-electron chi connectivity index (χ1n) is 3.80. The molecular weight excluding hydrogens is 156 g/mol. The van der Waals surface area contributed by atoms with Gasteiger partial charge >= 0.3 is 0 Å². The van der Waals surface area contributed by atoms with E-state index in [1.807, 2.05) is 6.07 Å². The standard InChI is InChI=1S/C8H10N2O2/c1-6(12)7-2-8(3-9)10(4-7)5-11/h5,7-8H,2,4H2,1H3/t7?,8-/m0/s1. The van der Waals surface area contributed by atoms with Crippen molar-refractivity contribution in [1.29, 1.82) is 5.26 Å². The van der Waals surface area contributed by atoms with Crippen LogP contribution in [0.5, 0.6) is 0 Å². The highest BCUT2D eigenvalue weighted by atomic mass is 16.1. The Morgan fingerprint density at radius 3 is 2.75 bits per heavy atom. The van der Waals surface area contributed by atoms with Crippen molar-refractivity contribution in [2.75, 3.05) is 6.54 Å². The molecule has 4 nitrogen and oxygen atoms in total. The molecule has 1 rings (SSSR count). The predicted molar refractivity (Wildman–Crippen MR) is 41.0 cm³/mol. The first kappa shape index (κ1) is 8.72. The van der Waals surface area contributed by atoms with E-state index in [0.29, 0.717) is 19.4 Å². The summed E-state index contributed by atoms with van der Waals surface area (Å²) >= 11 is 0. The highest BCUT2D eigenvalue weighted by molar-refractivity contribution is 5.79. The van der Waals surface area contributed by atoms with E-state index >= 15 is 0 Å². The van der Waals surface area contributed by atoms with Gasteiger partial charge in [-0.2, -0.15) is 5.26 Å². The Balaban J connectivity index is 2.66. The maximum Gasteiger partial charge on any atom is 0.210 e. The van der Waals surface area contributed by atoms with Crippen LogP contribution in [0.25, 0.3) is 0 Å². The Bertz CT molecular complexity index is 244. The largest absolute Gasteiger partial charge is 0.328 e. The Morgan fingerprint density at radius 2 is 2.42 bits per heavy atom. The van der Waals surface area contributed by atoms with Crippen LogP contribution in [0, 0.1) is 17.2 Å². The van der Waals surface area contributed by atoms with Gasteiger partial charge in [-0.15, -0.1) is 0 Å². The molecule has 2 atom stereocenters. The van der Waals surface area contributed by atoms with Gasteiger partial charge in [0.05, 0.1) is 6.07 Å². The fraction of sp³-hybridized carbons (Fsp3) is 0.625. The average molecular weight is 166 g/mol. The van der Waals surface area contributed by atoms with Crippen molar-refractivity contribution in [1.82, 2.24) is 4.90 Å². The molecule has 1 unspecified atom stereocenters. The number of hydrogen-bond acceptors (Lipinski definition) is 3. The molecular formula is C8H10N2O2. The molecule has 12 heavy (non-hydrogen) atoms. The third-order valence-electron chi connectivity index (χ3n) is 2.20. The fourth-order valence-corrected chi connectivity index (χ4v) is 1.40. The van der Waals surface area contributed by atoms with E-state index < -0.39 is 6.04 Å². The molecule has 1 saturated heterocycles. The van der Waals surface area contributed by atoms with E-state index in [1.54, 1.807) is 0 Å². The number of amides is 1. The minimum absolute atomic E-state index is 0.0552. The van der Waals surface area contributed by atoms with Gasteiger partial charge in [-0.05, 0) is 13.3 Å². The van der Waals surface area contributed by atoms with E-state index in [0.717, 1.165) is 0 Å². The molecule has 0 saturated carbocycles. The second-order valence-corrected chi connectivity index (χ2v) is 2.99. The first-order valence-corrected chi connectivity index (χ1v) is 3.80. The van der Waals surface area contributed by atoms with Gasteiger partial charge in [0.2, 0.25) is 6.41 Å². The summed E-state index contributed by atoms with van der Waals surface area (Å²) < 4.78 is 0. The summed E-state index contributed by atoms with van der Waals surface area (Å²) in [6.07, 6.45) is 1.13. The van der Waals surface area contributed by atoms with Gasteiger partial charge in [0.25, 0.3) is 0 Å². The van der Waals surface area contributed by atoms with Crippen LogP contribution in [-0.4, -0.2) is 29.7 Å². The van der Waals surface area contributed by atoms with Gasteiger partial charge in [0.1, 0.15) is 11.8 Å². The third kappa shape index (κ3) is 1.45. The maximum absolute atomic E-state index is 10.9. The Morgan fingerprint density at radius 1 is 1.75 bits per heavy atom. The van der Waals surface area contributed by atoms with E-state index in [4.69, 9.17) is 5.26 Å². The van der Waals surface area contributed by atoms with Crippen LogP contribution in [-0.2, 0) is 9.59 Å². The zero-order chi connectivity index (χ0) is 9.14. The van der Waals surface area contributed by atoms with Crippen LogP contribution in [0.15, 0.2) is 0 Å². The van der Waals surface area contributed by atoms with E-state index in [2.05, 4.69) is 0 Å². The summed E-state index contributed by atoms with van der Waals surface area (Å²) in [4.78, 5) is 22.7. The lowest BCUT2D eigenvalue weighted by Crippen LogP contribution is -2.26. The van der Waals surface area contributed by atoms with Crippen LogP contribution in [0.2, 0.25) is 0 Å². The Kier molecular flexibility index (Phi) is 2.44. The number of Topliss-reactive ketones (excluding diaryl/α,β-unsaturated/α-hetero) is 1. The highest BCUT2D eigenvalue weighted by Crippen LogP contribution is 2.21. The summed E-state index contributed by atoms with van der Waals surface area (Å²) in [5.41, 5.74) is 0. The molecule has 1 heterocycles. The normalized spacial score (nSPS) is 28.2. The molecule has 0 aromatic rings. The Labute approximate surface area is 70.8 Å². The zero-order valence-corrected chi connectivity index (χ0v) is 6.86. The molecule has 4 heteroatoms. The highest BCUT2D eigenvalue weighted by Gasteiger charge is 2.33. The Hall–Kier alpha value is -1.37. The minimum Gasteiger partial charge on any atom is -0.328 e. The minimum atomic E-state index is -0.406. The topological polar surface area (TPSA) is 61.2 Å². The molecule has 1 aliphatic heterocycles. The van der Waals surface area contributed by atoms with Crippen LogP contribution in [0.1, 0.15) is 13.3 Å². The van der Waals surface area contributed by atoms with Gasteiger partial charge in [-0.25, -0.2) is 0 Å². The summed E-state index contributed by atoms with van der Waals surface area (Å²) in [7, 11) is 0. The second kappa shape index (κ2) is 3.35.